The summed E-state index contributed by atoms with van der Waals surface area (Å²) in [5, 5.41) is 7.58. The first-order valence-corrected chi connectivity index (χ1v) is 6.62. The molecule has 0 saturated carbocycles. The zero-order valence-corrected chi connectivity index (χ0v) is 11.8. The van der Waals surface area contributed by atoms with E-state index in [4.69, 9.17) is 11.6 Å². The largest absolute Gasteiger partial charge is 0.329 e. The molecule has 2 heterocycles. The van der Waals surface area contributed by atoms with E-state index in [9.17, 15) is 13.6 Å². The minimum absolute atomic E-state index is 0.282. The molecular weight excluding hydrogens is 314 g/mol. The van der Waals surface area contributed by atoms with Crippen LogP contribution in [-0.2, 0) is 0 Å². The molecule has 0 unspecified atom stereocenters. The highest BCUT2D eigenvalue weighted by Crippen LogP contribution is 2.29. The van der Waals surface area contributed by atoms with Crippen molar-refractivity contribution in [3.63, 3.8) is 0 Å². The van der Waals surface area contributed by atoms with E-state index in [0.717, 1.165) is 6.20 Å². The molecule has 0 spiro atoms. The molecule has 0 amide bonds. The van der Waals surface area contributed by atoms with E-state index in [0.29, 0.717) is 21.8 Å². The highest BCUT2D eigenvalue weighted by Gasteiger charge is 2.15. The molecule has 2 aromatic heterocycles. The first-order valence-electron chi connectivity index (χ1n) is 6.24. The number of halogens is 3. The predicted molar refractivity (Wildman–Crippen MR) is 77.4 cm³/mol. The van der Waals surface area contributed by atoms with Gasteiger partial charge in [-0.3, -0.25) is 4.79 Å². The van der Waals surface area contributed by atoms with Crippen LogP contribution in [0, 0.1) is 0 Å². The normalized spacial score (nSPS) is 11.1. The van der Waals surface area contributed by atoms with E-state index < -0.39 is 12.1 Å². The van der Waals surface area contributed by atoms with Crippen LogP contribution in [0.15, 0.2) is 47.5 Å². The summed E-state index contributed by atoms with van der Waals surface area (Å²) in [6.07, 6.45) is -0.0668. The van der Waals surface area contributed by atoms with Crippen LogP contribution in [0.1, 0.15) is 12.1 Å². The molecule has 0 aliphatic carbocycles. The lowest BCUT2D eigenvalue weighted by atomic mass is 10.1. The Morgan fingerprint density at radius 2 is 2.05 bits per heavy atom. The summed E-state index contributed by atoms with van der Waals surface area (Å²) >= 11 is 6.00. The van der Waals surface area contributed by atoms with Crippen molar-refractivity contribution in [1.82, 2.24) is 20.0 Å². The first kappa shape index (κ1) is 14.4. The van der Waals surface area contributed by atoms with Crippen LogP contribution in [0.25, 0.3) is 16.8 Å². The number of aromatic amines is 1. The Morgan fingerprint density at radius 1 is 1.23 bits per heavy atom. The van der Waals surface area contributed by atoms with Crippen LogP contribution in [0.2, 0.25) is 5.02 Å². The number of pyridine rings is 1. The number of benzene rings is 1. The third-order valence-corrected chi connectivity index (χ3v) is 3.26. The molecule has 22 heavy (non-hydrogen) atoms. The second-order valence-electron chi connectivity index (χ2n) is 4.49. The highest BCUT2D eigenvalue weighted by atomic mass is 35.5. The number of aromatic nitrogens is 4. The maximum atomic E-state index is 12.7. The van der Waals surface area contributed by atoms with E-state index in [-0.39, 0.29) is 5.56 Å². The molecule has 0 radical (unpaired) electrons. The van der Waals surface area contributed by atoms with Gasteiger partial charge in [-0.1, -0.05) is 16.8 Å². The molecule has 0 fully saturated rings. The van der Waals surface area contributed by atoms with Gasteiger partial charge in [-0.15, -0.1) is 5.10 Å². The lowest BCUT2D eigenvalue weighted by Crippen LogP contribution is -2.04. The molecule has 0 atom stereocenters. The maximum absolute atomic E-state index is 12.7. The zero-order valence-electron chi connectivity index (χ0n) is 11.0. The molecule has 0 bridgehead atoms. The average Bonchev–Trinajstić information content (AvgIpc) is 2.97. The Bertz CT molecular complexity index is 875. The fourth-order valence-corrected chi connectivity index (χ4v) is 2.22. The number of H-pyrrole nitrogens is 1. The second-order valence-corrected chi connectivity index (χ2v) is 4.93. The van der Waals surface area contributed by atoms with Gasteiger partial charge in [-0.2, -0.15) is 0 Å². The smallest absolute Gasteiger partial charge is 0.283 e. The maximum Gasteiger partial charge on any atom is 0.283 e. The Balaban J connectivity index is 2.17. The molecule has 3 aromatic rings. The SMILES string of the molecule is O=c1cc(-c2cc(Cl)ccc2-n2cc(C(F)F)nn2)cc[nH]1. The highest BCUT2D eigenvalue weighted by molar-refractivity contribution is 6.31. The lowest BCUT2D eigenvalue weighted by molar-refractivity contribution is 0.146. The minimum atomic E-state index is -2.70. The topological polar surface area (TPSA) is 63.6 Å². The molecule has 3 rings (SSSR count). The fourth-order valence-electron chi connectivity index (χ4n) is 2.05. The van der Waals surface area contributed by atoms with Gasteiger partial charge in [0.05, 0.1) is 11.9 Å². The summed E-state index contributed by atoms with van der Waals surface area (Å²) in [6, 6.07) is 7.94. The molecule has 1 N–H and O–H groups in total. The van der Waals surface area contributed by atoms with Gasteiger partial charge in [0.25, 0.3) is 6.43 Å². The summed E-state index contributed by atoms with van der Waals surface area (Å²) in [4.78, 5) is 14.0. The number of hydrogen-bond donors (Lipinski definition) is 1. The Hall–Kier alpha value is -2.54. The summed E-state index contributed by atoms with van der Waals surface area (Å²) in [5.74, 6) is 0. The third kappa shape index (κ3) is 2.75. The zero-order chi connectivity index (χ0) is 15.7. The number of rotatable bonds is 3. The van der Waals surface area contributed by atoms with Gasteiger partial charge in [0.15, 0.2) is 0 Å². The molecular formula is C14H9ClF2N4O. The van der Waals surface area contributed by atoms with Gasteiger partial charge in [-0.05, 0) is 29.8 Å². The van der Waals surface area contributed by atoms with Crippen molar-refractivity contribution >= 4 is 11.6 Å². The quantitative estimate of drug-likeness (QED) is 0.805. The minimum Gasteiger partial charge on any atom is -0.329 e. The van der Waals surface area contributed by atoms with E-state index in [1.807, 2.05) is 0 Å². The number of hydrogen-bond acceptors (Lipinski definition) is 3. The van der Waals surface area contributed by atoms with Crippen LogP contribution in [0.3, 0.4) is 0 Å². The van der Waals surface area contributed by atoms with Crippen LogP contribution in [-0.4, -0.2) is 20.0 Å². The van der Waals surface area contributed by atoms with Gasteiger partial charge in [-0.25, -0.2) is 13.5 Å². The van der Waals surface area contributed by atoms with Gasteiger partial charge >= 0.3 is 0 Å². The molecule has 112 valence electrons. The summed E-state index contributed by atoms with van der Waals surface area (Å²) in [7, 11) is 0. The number of nitrogens with zero attached hydrogens (tertiary/aromatic N) is 3. The van der Waals surface area contributed by atoms with Crippen LogP contribution >= 0.6 is 11.6 Å². The summed E-state index contributed by atoms with van der Waals surface area (Å²) in [6.45, 7) is 0. The Labute approximate surface area is 128 Å². The van der Waals surface area contributed by atoms with Crippen molar-refractivity contribution in [1.29, 1.82) is 0 Å². The van der Waals surface area contributed by atoms with Crippen LogP contribution in [0.5, 0.6) is 0 Å². The molecule has 0 saturated heterocycles. The Kier molecular flexibility index (Phi) is 3.72. The van der Waals surface area contributed by atoms with Crippen LogP contribution in [0.4, 0.5) is 8.78 Å². The average molecular weight is 323 g/mol. The van der Waals surface area contributed by atoms with Gasteiger partial charge < -0.3 is 4.98 Å². The third-order valence-electron chi connectivity index (χ3n) is 3.03. The standard InChI is InChI=1S/C14H9ClF2N4O/c15-9-1-2-12(21-7-11(14(16)17)19-20-21)10(6-9)8-3-4-18-13(22)5-8/h1-7,14H,(H,18,22). The van der Waals surface area contributed by atoms with Crippen molar-refractivity contribution in [3.8, 4) is 16.8 Å². The first-order chi connectivity index (χ1) is 10.5. The van der Waals surface area contributed by atoms with Gasteiger partial charge in [0.1, 0.15) is 5.69 Å². The lowest BCUT2D eigenvalue weighted by Gasteiger charge is -2.09. The molecule has 5 nitrogen and oxygen atoms in total. The predicted octanol–water partition coefficient (Wildman–Crippen LogP) is 3.21. The summed E-state index contributed by atoms with van der Waals surface area (Å²) < 4.78 is 26.5. The fraction of sp³-hybridized carbons (Fsp3) is 0.0714. The van der Waals surface area contributed by atoms with E-state index in [1.54, 1.807) is 24.3 Å². The van der Waals surface area contributed by atoms with Crippen LogP contribution < -0.4 is 5.56 Å². The van der Waals surface area contributed by atoms with Gasteiger partial charge in [0.2, 0.25) is 5.56 Å². The van der Waals surface area contributed by atoms with E-state index in [1.165, 1.54) is 16.9 Å². The summed E-state index contributed by atoms with van der Waals surface area (Å²) in [5.41, 5.74) is 0.969. The number of alkyl halides is 2. The van der Waals surface area contributed by atoms with Crippen molar-refractivity contribution in [2.45, 2.75) is 6.43 Å². The molecule has 0 aliphatic heterocycles. The van der Waals surface area contributed by atoms with Crippen molar-refractivity contribution in [2.24, 2.45) is 0 Å². The van der Waals surface area contributed by atoms with Crippen molar-refractivity contribution < 1.29 is 8.78 Å². The van der Waals surface area contributed by atoms with Crippen molar-refractivity contribution in [3.05, 3.63) is 63.8 Å². The van der Waals surface area contributed by atoms with Crippen molar-refractivity contribution in [2.75, 3.05) is 0 Å². The Morgan fingerprint density at radius 3 is 2.73 bits per heavy atom. The molecule has 1 aromatic carbocycles. The molecule has 0 aliphatic rings. The second kappa shape index (κ2) is 5.69. The molecule has 8 heteroatoms. The van der Waals surface area contributed by atoms with E-state index in [2.05, 4.69) is 15.3 Å². The number of nitrogens with one attached hydrogen (secondary N) is 1. The monoisotopic (exact) mass is 322 g/mol. The van der Waals surface area contributed by atoms with Gasteiger partial charge in [0, 0.05) is 22.8 Å². The van der Waals surface area contributed by atoms with E-state index >= 15 is 0 Å².